The van der Waals surface area contributed by atoms with Gasteiger partial charge in [-0.05, 0) is 47.1 Å². The number of carbonyl (C=O) groups excluding carboxylic acids is 3. The maximum atomic E-state index is 12.5. The molecule has 1 aliphatic heterocycles. The van der Waals surface area contributed by atoms with Gasteiger partial charge in [0.05, 0.1) is 11.1 Å². The molecule has 1 aliphatic rings. The first-order chi connectivity index (χ1) is 12.0. The molecule has 128 valence electrons. The molecule has 1 aromatic heterocycles. The molecule has 2 aromatic rings. The van der Waals surface area contributed by atoms with E-state index in [1.54, 1.807) is 36.5 Å². The highest BCUT2D eigenvalue weighted by molar-refractivity contribution is 9.10. The van der Waals surface area contributed by atoms with E-state index in [0.29, 0.717) is 23.5 Å². The molecule has 0 aliphatic carbocycles. The number of hydrogen-bond acceptors (Lipinski definition) is 4. The van der Waals surface area contributed by atoms with Gasteiger partial charge in [0.2, 0.25) is 5.91 Å². The average molecular weight is 402 g/mol. The molecule has 0 unspecified atom stereocenters. The molecule has 0 radical (unpaired) electrons. The molecule has 3 amide bonds. The van der Waals surface area contributed by atoms with E-state index in [1.807, 2.05) is 13.0 Å². The number of hydrogen-bond donors (Lipinski definition) is 0. The lowest BCUT2D eigenvalue weighted by molar-refractivity contribution is -0.118. The fourth-order valence-corrected chi connectivity index (χ4v) is 3.01. The van der Waals surface area contributed by atoms with E-state index in [-0.39, 0.29) is 30.7 Å². The highest BCUT2D eigenvalue weighted by atomic mass is 79.9. The highest BCUT2D eigenvalue weighted by Gasteiger charge is 2.35. The van der Waals surface area contributed by atoms with Gasteiger partial charge in [-0.3, -0.25) is 24.2 Å². The summed E-state index contributed by atoms with van der Waals surface area (Å²) >= 11 is 3.31. The van der Waals surface area contributed by atoms with E-state index in [4.69, 9.17) is 0 Å². The molecule has 0 atom stereocenters. The summed E-state index contributed by atoms with van der Waals surface area (Å²) in [5.41, 5.74) is 0.781. The van der Waals surface area contributed by atoms with Gasteiger partial charge < -0.3 is 0 Å². The van der Waals surface area contributed by atoms with E-state index in [1.165, 1.54) is 4.90 Å². The molecule has 6 nitrogen and oxygen atoms in total. The Balaban J connectivity index is 1.69. The first kappa shape index (κ1) is 17.3. The Kier molecular flexibility index (Phi) is 4.94. The Bertz CT molecular complexity index is 801. The minimum atomic E-state index is -0.349. The molecule has 0 saturated carbocycles. The normalized spacial score (nSPS) is 13.1. The summed E-state index contributed by atoms with van der Waals surface area (Å²) in [7, 11) is 0. The van der Waals surface area contributed by atoms with Crippen LogP contribution in [0.3, 0.4) is 0 Å². The zero-order valence-corrected chi connectivity index (χ0v) is 15.2. The number of aromatic nitrogens is 1. The van der Waals surface area contributed by atoms with Gasteiger partial charge in [-0.25, -0.2) is 4.98 Å². The molecular weight excluding hydrogens is 386 g/mol. The number of rotatable bonds is 5. The van der Waals surface area contributed by atoms with Gasteiger partial charge >= 0.3 is 0 Å². The number of benzene rings is 1. The molecule has 1 aromatic carbocycles. The number of nitrogens with zero attached hydrogens (tertiary/aromatic N) is 3. The largest absolute Gasteiger partial charge is 0.297 e. The van der Waals surface area contributed by atoms with Crippen LogP contribution in [0.1, 0.15) is 34.1 Å². The maximum absolute atomic E-state index is 12.5. The quantitative estimate of drug-likeness (QED) is 0.722. The number of halogens is 1. The van der Waals surface area contributed by atoms with Crippen molar-refractivity contribution in [2.75, 3.05) is 18.0 Å². The fraction of sp³-hybridized carbons (Fsp3) is 0.222. The number of carbonyl (C=O) groups is 3. The van der Waals surface area contributed by atoms with Crippen LogP contribution in [0.2, 0.25) is 0 Å². The predicted molar refractivity (Wildman–Crippen MR) is 96.4 cm³/mol. The van der Waals surface area contributed by atoms with E-state index >= 15 is 0 Å². The van der Waals surface area contributed by atoms with Crippen molar-refractivity contribution in [2.45, 2.75) is 13.3 Å². The topological polar surface area (TPSA) is 70.6 Å². The summed E-state index contributed by atoms with van der Waals surface area (Å²) in [5.74, 6) is -0.344. The molecule has 3 rings (SSSR count). The number of pyridine rings is 1. The van der Waals surface area contributed by atoms with Gasteiger partial charge in [0.25, 0.3) is 11.8 Å². The lowest BCUT2D eigenvalue weighted by Gasteiger charge is -2.21. The van der Waals surface area contributed by atoms with Crippen LogP contribution in [0.5, 0.6) is 0 Å². The van der Waals surface area contributed by atoms with Crippen LogP contribution >= 0.6 is 15.9 Å². The SMILES string of the molecule is CCN(C(=O)CCN1C(=O)c2ccccc2C1=O)c1ccc(Br)cn1. The van der Waals surface area contributed by atoms with Crippen molar-refractivity contribution in [2.24, 2.45) is 0 Å². The van der Waals surface area contributed by atoms with Gasteiger partial charge in [0, 0.05) is 30.2 Å². The van der Waals surface area contributed by atoms with Gasteiger partial charge in [-0.1, -0.05) is 12.1 Å². The summed E-state index contributed by atoms with van der Waals surface area (Å²) in [6, 6.07) is 10.2. The first-order valence-corrected chi connectivity index (χ1v) is 8.69. The second-order valence-electron chi connectivity index (χ2n) is 5.53. The van der Waals surface area contributed by atoms with Crippen molar-refractivity contribution in [3.05, 3.63) is 58.2 Å². The number of fused-ring (bicyclic) bond motifs is 1. The number of amides is 3. The summed E-state index contributed by atoms with van der Waals surface area (Å²) < 4.78 is 0.825. The molecule has 2 heterocycles. The van der Waals surface area contributed by atoms with Crippen LogP contribution in [0.15, 0.2) is 47.1 Å². The Hall–Kier alpha value is -2.54. The zero-order valence-electron chi connectivity index (χ0n) is 13.6. The standard InChI is InChI=1S/C18H16BrN3O3/c1-2-21(15-8-7-12(19)11-20-15)16(23)9-10-22-17(24)13-5-3-4-6-14(13)18(22)25/h3-8,11H,2,9-10H2,1H3. The molecular formula is C18H16BrN3O3. The lowest BCUT2D eigenvalue weighted by atomic mass is 10.1. The Labute approximate surface area is 153 Å². The van der Waals surface area contributed by atoms with Crippen molar-refractivity contribution in [3.63, 3.8) is 0 Å². The van der Waals surface area contributed by atoms with Gasteiger partial charge in [-0.2, -0.15) is 0 Å². The van der Waals surface area contributed by atoms with Crippen LogP contribution in [0.4, 0.5) is 5.82 Å². The summed E-state index contributed by atoms with van der Waals surface area (Å²) in [5, 5.41) is 0. The zero-order chi connectivity index (χ0) is 18.0. The summed E-state index contributed by atoms with van der Waals surface area (Å²) in [6.45, 7) is 2.36. The number of imide groups is 1. The summed E-state index contributed by atoms with van der Waals surface area (Å²) in [6.07, 6.45) is 1.67. The molecule has 0 N–H and O–H groups in total. The molecule has 25 heavy (non-hydrogen) atoms. The third-order valence-corrected chi connectivity index (χ3v) is 4.50. The highest BCUT2D eigenvalue weighted by Crippen LogP contribution is 2.23. The van der Waals surface area contributed by atoms with Crippen LogP contribution in [-0.4, -0.2) is 40.7 Å². The van der Waals surface area contributed by atoms with Crippen LogP contribution in [0, 0.1) is 0 Å². The van der Waals surface area contributed by atoms with E-state index in [9.17, 15) is 14.4 Å². The van der Waals surface area contributed by atoms with E-state index < -0.39 is 0 Å². The number of anilines is 1. The van der Waals surface area contributed by atoms with E-state index in [0.717, 1.165) is 9.37 Å². The predicted octanol–water partition coefficient (Wildman–Crippen LogP) is 2.88. The van der Waals surface area contributed by atoms with Gasteiger partial charge in [0.15, 0.2) is 0 Å². The second-order valence-corrected chi connectivity index (χ2v) is 6.45. The van der Waals surface area contributed by atoms with Crippen molar-refractivity contribution in [1.82, 2.24) is 9.88 Å². The minimum Gasteiger partial charge on any atom is -0.297 e. The fourth-order valence-electron chi connectivity index (χ4n) is 2.78. The van der Waals surface area contributed by atoms with Crippen molar-refractivity contribution < 1.29 is 14.4 Å². The van der Waals surface area contributed by atoms with Crippen molar-refractivity contribution >= 4 is 39.5 Å². The summed E-state index contributed by atoms with van der Waals surface area (Å²) in [4.78, 5) is 44.1. The lowest BCUT2D eigenvalue weighted by Crippen LogP contribution is -2.37. The van der Waals surface area contributed by atoms with Crippen LogP contribution < -0.4 is 4.90 Å². The molecule has 7 heteroatoms. The molecule has 0 fully saturated rings. The average Bonchev–Trinajstić information content (AvgIpc) is 2.87. The van der Waals surface area contributed by atoms with Crippen molar-refractivity contribution in [1.29, 1.82) is 0 Å². The first-order valence-electron chi connectivity index (χ1n) is 7.90. The third-order valence-electron chi connectivity index (χ3n) is 4.03. The smallest absolute Gasteiger partial charge is 0.261 e. The van der Waals surface area contributed by atoms with Crippen LogP contribution in [0.25, 0.3) is 0 Å². The minimum absolute atomic E-state index is 0.0526. The molecule has 0 bridgehead atoms. The Morgan fingerprint density at radius 3 is 2.28 bits per heavy atom. The second kappa shape index (κ2) is 7.14. The van der Waals surface area contributed by atoms with Crippen LogP contribution in [-0.2, 0) is 4.79 Å². The van der Waals surface area contributed by atoms with Gasteiger partial charge in [0.1, 0.15) is 5.82 Å². The Morgan fingerprint density at radius 2 is 1.76 bits per heavy atom. The molecule has 0 saturated heterocycles. The molecule has 0 spiro atoms. The van der Waals surface area contributed by atoms with E-state index in [2.05, 4.69) is 20.9 Å². The maximum Gasteiger partial charge on any atom is 0.261 e. The Morgan fingerprint density at radius 1 is 1.12 bits per heavy atom. The monoisotopic (exact) mass is 401 g/mol. The van der Waals surface area contributed by atoms with Crippen molar-refractivity contribution in [3.8, 4) is 0 Å². The van der Waals surface area contributed by atoms with Gasteiger partial charge in [-0.15, -0.1) is 0 Å². The third kappa shape index (κ3) is 3.32.